The molecular formula is C21H37BrO8Si. The van der Waals surface area contributed by atoms with Crippen LogP contribution in [0.1, 0.15) is 62.3 Å². The fourth-order valence-electron chi connectivity index (χ4n) is 4.70. The van der Waals surface area contributed by atoms with Crippen LogP contribution in [0.2, 0.25) is 16.6 Å². The number of halogens is 1. The lowest BCUT2D eigenvalue weighted by molar-refractivity contribution is -0.234. The number of esters is 3. The fourth-order valence-corrected chi connectivity index (χ4v) is 10.8. The number of hydrogen-bond acceptors (Lipinski definition) is 8. The maximum Gasteiger partial charge on any atom is 0.303 e. The zero-order valence-corrected chi connectivity index (χ0v) is 22.6. The molecule has 0 spiro atoms. The van der Waals surface area contributed by atoms with Crippen molar-refractivity contribution in [1.82, 2.24) is 0 Å². The highest BCUT2D eigenvalue weighted by Crippen LogP contribution is 2.43. The molecule has 31 heavy (non-hydrogen) atoms. The van der Waals surface area contributed by atoms with Crippen LogP contribution in [0.4, 0.5) is 0 Å². The van der Waals surface area contributed by atoms with Gasteiger partial charge in [-0.1, -0.05) is 57.5 Å². The first kappa shape index (κ1) is 28.1. The van der Waals surface area contributed by atoms with Gasteiger partial charge in [0.15, 0.2) is 31.6 Å². The van der Waals surface area contributed by atoms with Crippen molar-refractivity contribution >= 4 is 42.2 Å². The molecule has 0 radical (unpaired) electrons. The summed E-state index contributed by atoms with van der Waals surface area (Å²) < 4.78 is 28.9. The average Bonchev–Trinajstić information content (AvgIpc) is 2.59. The first-order valence-electron chi connectivity index (χ1n) is 10.7. The Morgan fingerprint density at radius 1 is 0.774 bits per heavy atom. The zero-order chi connectivity index (χ0) is 24.1. The lowest BCUT2D eigenvalue weighted by Crippen LogP contribution is -2.62. The maximum atomic E-state index is 11.9. The van der Waals surface area contributed by atoms with Gasteiger partial charge in [-0.2, -0.15) is 0 Å². The quantitative estimate of drug-likeness (QED) is 0.192. The minimum absolute atomic E-state index is 0.158. The molecule has 0 saturated carbocycles. The summed E-state index contributed by atoms with van der Waals surface area (Å²) in [6, 6.07) is 0. The van der Waals surface area contributed by atoms with Crippen molar-refractivity contribution in [3.8, 4) is 0 Å². The SMILES string of the molecule is CC(=O)O[C@@H]1[C@@H](OC(C)=O)[C@@H](Br)O[C@H](CO[Si](C(C)C)(C(C)C)C(C)C)[C@@H]1OC(C)=O. The van der Waals surface area contributed by atoms with E-state index in [0.29, 0.717) is 16.6 Å². The van der Waals surface area contributed by atoms with Crippen LogP contribution in [0, 0.1) is 0 Å². The molecule has 1 saturated heterocycles. The lowest BCUT2D eigenvalue weighted by Gasteiger charge is -2.46. The molecule has 10 heteroatoms. The fraction of sp³-hybridized carbons (Fsp3) is 0.857. The van der Waals surface area contributed by atoms with E-state index >= 15 is 0 Å². The summed E-state index contributed by atoms with van der Waals surface area (Å²) in [6.07, 6.45) is -3.72. The Morgan fingerprint density at radius 3 is 1.55 bits per heavy atom. The zero-order valence-electron chi connectivity index (χ0n) is 20.0. The third-order valence-electron chi connectivity index (χ3n) is 5.69. The van der Waals surface area contributed by atoms with E-state index in [1.807, 2.05) is 0 Å². The largest absolute Gasteiger partial charge is 0.456 e. The smallest absolute Gasteiger partial charge is 0.303 e. The highest BCUT2D eigenvalue weighted by molar-refractivity contribution is 9.09. The van der Waals surface area contributed by atoms with Gasteiger partial charge in [0.1, 0.15) is 6.10 Å². The monoisotopic (exact) mass is 524 g/mol. The molecule has 1 aliphatic rings. The van der Waals surface area contributed by atoms with Crippen LogP contribution in [0.5, 0.6) is 0 Å². The van der Waals surface area contributed by atoms with Gasteiger partial charge in [0.25, 0.3) is 0 Å². The normalized spacial score (nSPS) is 26.8. The summed E-state index contributed by atoms with van der Waals surface area (Å²) in [4.78, 5) is 35.3. The van der Waals surface area contributed by atoms with Gasteiger partial charge in [0.05, 0.1) is 6.61 Å². The molecule has 0 aromatic rings. The molecule has 0 bridgehead atoms. The van der Waals surface area contributed by atoms with Gasteiger partial charge in [0, 0.05) is 20.8 Å². The lowest BCUT2D eigenvalue weighted by atomic mass is 9.99. The van der Waals surface area contributed by atoms with Gasteiger partial charge >= 0.3 is 17.9 Å². The van der Waals surface area contributed by atoms with E-state index in [9.17, 15) is 14.4 Å². The summed E-state index contributed by atoms with van der Waals surface area (Å²) in [6.45, 7) is 16.9. The molecule has 0 aromatic heterocycles. The third kappa shape index (κ3) is 7.00. The van der Waals surface area contributed by atoms with Crippen LogP contribution in [0.3, 0.4) is 0 Å². The number of carbonyl (C=O) groups is 3. The van der Waals surface area contributed by atoms with E-state index in [1.165, 1.54) is 20.8 Å². The standard InChI is InChI=1S/C21H37BrO8Si/c1-11(2)31(12(3)4,13(5)6)26-10-17-18(27-14(7)23)19(28-15(8)24)20(21(22)30-17)29-16(9)25/h11-13,17-21H,10H2,1-9H3/t17-,18+,19+,20-,21+/m1/s1. The number of hydrogen-bond donors (Lipinski definition) is 0. The molecule has 0 N–H and O–H groups in total. The molecule has 0 unspecified atom stereocenters. The Labute approximate surface area is 194 Å². The molecule has 1 fully saturated rings. The summed E-state index contributed by atoms with van der Waals surface area (Å²) in [5.41, 5.74) is 1.04. The summed E-state index contributed by atoms with van der Waals surface area (Å²) >= 11 is 3.38. The van der Waals surface area contributed by atoms with Gasteiger partial charge in [-0.15, -0.1) is 0 Å². The van der Waals surface area contributed by atoms with Crippen molar-refractivity contribution in [3.63, 3.8) is 0 Å². The Kier molecular flexibility index (Phi) is 10.6. The Morgan fingerprint density at radius 2 is 1.16 bits per heavy atom. The Balaban J connectivity index is 3.29. The predicted molar refractivity (Wildman–Crippen MR) is 121 cm³/mol. The second-order valence-corrected chi connectivity index (χ2v) is 15.2. The second-order valence-electron chi connectivity index (χ2n) is 8.88. The van der Waals surface area contributed by atoms with Crippen LogP contribution in [0.15, 0.2) is 0 Å². The van der Waals surface area contributed by atoms with Crippen molar-refractivity contribution in [2.75, 3.05) is 6.61 Å². The van der Waals surface area contributed by atoms with E-state index in [1.54, 1.807) is 0 Å². The highest BCUT2D eigenvalue weighted by Gasteiger charge is 2.53. The van der Waals surface area contributed by atoms with Gasteiger partial charge in [-0.05, 0) is 16.6 Å². The van der Waals surface area contributed by atoms with Crippen LogP contribution < -0.4 is 0 Å². The first-order chi connectivity index (χ1) is 14.2. The second kappa shape index (κ2) is 11.8. The van der Waals surface area contributed by atoms with Crippen molar-refractivity contribution in [2.24, 2.45) is 0 Å². The molecule has 1 aliphatic heterocycles. The van der Waals surface area contributed by atoms with Crippen LogP contribution in [-0.4, -0.2) is 62.3 Å². The summed E-state index contributed by atoms with van der Waals surface area (Å²) in [5, 5.41) is -0.769. The molecule has 1 rings (SSSR count). The van der Waals surface area contributed by atoms with Crippen molar-refractivity contribution in [3.05, 3.63) is 0 Å². The van der Waals surface area contributed by atoms with E-state index in [2.05, 4.69) is 57.5 Å². The van der Waals surface area contributed by atoms with Gasteiger partial charge in [-0.3, -0.25) is 14.4 Å². The van der Waals surface area contributed by atoms with E-state index in [-0.39, 0.29) is 6.61 Å². The summed E-state index contributed by atoms with van der Waals surface area (Å²) in [5.74, 6) is -1.72. The molecule has 1 heterocycles. The number of carbonyl (C=O) groups excluding carboxylic acids is 3. The molecule has 0 amide bonds. The van der Waals surface area contributed by atoms with Gasteiger partial charge in [0.2, 0.25) is 0 Å². The molecule has 0 aromatic carbocycles. The van der Waals surface area contributed by atoms with Crippen molar-refractivity contribution < 1.29 is 37.8 Å². The minimum Gasteiger partial charge on any atom is -0.456 e. The Bertz CT molecular complexity index is 617. The molecule has 8 nitrogen and oxygen atoms in total. The first-order valence-corrected chi connectivity index (χ1v) is 13.7. The maximum absolute atomic E-state index is 11.9. The molecule has 5 atom stereocenters. The van der Waals surface area contributed by atoms with Crippen LogP contribution in [-0.2, 0) is 37.8 Å². The number of alkyl halides is 1. The minimum atomic E-state index is -2.23. The van der Waals surface area contributed by atoms with Crippen molar-refractivity contribution in [1.29, 1.82) is 0 Å². The summed E-state index contributed by atoms with van der Waals surface area (Å²) in [7, 11) is -2.23. The Hall–Kier alpha value is -0.973. The topological polar surface area (TPSA) is 97.4 Å². The van der Waals surface area contributed by atoms with Crippen molar-refractivity contribution in [2.45, 2.75) is 108 Å². The highest BCUT2D eigenvalue weighted by atomic mass is 79.9. The molecule has 0 aliphatic carbocycles. The van der Waals surface area contributed by atoms with Crippen LogP contribution in [0.25, 0.3) is 0 Å². The van der Waals surface area contributed by atoms with Gasteiger partial charge < -0.3 is 23.4 Å². The van der Waals surface area contributed by atoms with Crippen LogP contribution >= 0.6 is 15.9 Å². The number of ether oxygens (including phenoxy) is 4. The average molecular weight is 526 g/mol. The van der Waals surface area contributed by atoms with E-state index < -0.39 is 55.7 Å². The number of rotatable bonds is 9. The predicted octanol–water partition coefficient (Wildman–Crippen LogP) is 4.09. The van der Waals surface area contributed by atoms with E-state index in [4.69, 9.17) is 23.4 Å². The molecular weight excluding hydrogens is 488 g/mol. The van der Waals surface area contributed by atoms with Gasteiger partial charge in [-0.25, -0.2) is 0 Å². The third-order valence-corrected chi connectivity index (χ3v) is 12.5. The van der Waals surface area contributed by atoms with E-state index in [0.717, 1.165) is 0 Å². The molecule has 180 valence electrons.